The third-order valence-corrected chi connectivity index (χ3v) is 3.63. The van der Waals surface area contributed by atoms with E-state index in [0.29, 0.717) is 6.04 Å². The Bertz CT molecular complexity index is 277. The summed E-state index contributed by atoms with van der Waals surface area (Å²) in [5.41, 5.74) is 2.80. The van der Waals surface area contributed by atoms with Gasteiger partial charge < -0.3 is 0 Å². The maximum absolute atomic E-state index is 5.40. The molecule has 1 unspecified atom stereocenters. The Kier molecular flexibility index (Phi) is 5.55. The number of hydrogen-bond acceptors (Lipinski definition) is 3. The van der Waals surface area contributed by atoms with Gasteiger partial charge in [0.15, 0.2) is 0 Å². The van der Waals surface area contributed by atoms with Crippen LogP contribution in [0.25, 0.3) is 0 Å². The molecule has 1 rings (SSSR count). The molecule has 3 N–H and O–H groups in total. The smallest absolute Gasteiger partial charge is 0.0302 e. The number of rotatable bonds is 5. The van der Waals surface area contributed by atoms with Crippen LogP contribution in [0.3, 0.4) is 0 Å². The van der Waals surface area contributed by atoms with Gasteiger partial charge in [-0.1, -0.05) is 28.9 Å². The molecule has 0 spiro atoms. The van der Waals surface area contributed by atoms with Crippen LogP contribution < -0.4 is 11.3 Å². The van der Waals surface area contributed by atoms with Gasteiger partial charge in [-0.15, -0.1) is 11.8 Å². The van der Waals surface area contributed by atoms with Crippen LogP contribution in [-0.2, 0) is 0 Å². The maximum atomic E-state index is 5.40. The molecule has 0 heterocycles. The molecule has 14 heavy (non-hydrogen) atoms. The molecule has 1 aromatic carbocycles. The summed E-state index contributed by atoms with van der Waals surface area (Å²) in [5, 5.41) is 0. The van der Waals surface area contributed by atoms with Crippen LogP contribution in [0.1, 0.15) is 13.3 Å². The first-order chi connectivity index (χ1) is 6.76. The highest BCUT2D eigenvalue weighted by Crippen LogP contribution is 2.22. The van der Waals surface area contributed by atoms with Gasteiger partial charge in [0.1, 0.15) is 0 Å². The van der Waals surface area contributed by atoms with Gasteiger partial charge in [-0.3, -0.25) is 11.3 Å². The average Bonchev–Trinajstić information content (AvgIpc) is 2.19. The summed E-state index contributed by atoms with van der Waals surface area (Å²) in [5.74, 6) is 6.41. The summed E-state index contributed by atoms with van der Waals surface area (Å²) >= 11 is 5.27. The minimum atomic E-state index is 0.388. The van der Waals surface area contributed by atoms with Crippen LogP contribution >= 0.6 is 27.7 Å². The fraction of sp³-hybridized carbons (Fsp3) is 0.400. The Morgan fingerprint density at radius 1 is 1.57 bits per heavy atom. The molecular weight excluding hydrogens is 260 g/mol. The first kappa shape index (κ1) is 12.0. The highest BCUT2D eigenvalue weighted by molar-refractivity contribution is 9.10. The first-order valence-corrected chi connectivity index (χ1v) is 6.38. The molecule has 1 atom stereocenters. The zero-order chi connectivity index (χ0) is 10.4. The van der Waals surface area contributed by atoms with Crippen molar-refractivity contribution >= 4 is 27.7 Å². The fourth-order valence-electron chi connectivity index (χ4n) is 1.04. The topological polar surface area (TPSA) is 38.0 Å². The quantitative estimate of drug-likeness (QED) is 0.493. The van der Waals surface area contributed by atoms with E-state index in [9.17, 15) is 0 Å². The van der Waals surface area contributed by atoms with Crippen molar-refractivity contribution in [1.82, 2.24) is 5.43 Å². The van der Waals surface area contributed by atoms with E-state index in [0.717, 1.165) is 16.6 Å². The van der Waals surface area contributed by atoms with Crippen molar-refractivity contribution in [2.24, 2.45) is 5.84 Å². The molecule has 0 saturated carbocycles. The van der Waals surface area contributed by atoms with Crippen molar-refractivity contribution in [3.8, 4) is 0 Å². The number of halogens is 1. The van der Waals surface area contributed by atoms with Crippen LogP contribution in [0.15, 0.2) is 33.6 Å². The number of hydrogen-bond donors (Lipinski definition) is 2. The molecule has 0 saturated heterocycles. The third kappa shape index (κ3) is 4.00. The Hall–Kier alpha value is -0.0300. The zero-order valence-electron chi connectivity index (χ0n) is 8.16. The molecule has 0 amide bonds. The van der Waals surface area contributed by atoms with E-state index in [4.69, 9.17) is 5.84 Å². The summed E-state index contributed by atoms with van der Waals surface area (Å²) in [6, 6.07) is 8.69. The molecule has 1 aromatic rings. The molecular formula is C10H15BrN2S. The Morgan fingerprint density at radius 2 is 2.36 bits per heavy atom. The summed E-state index contributed by atoms with van der Waals surface area (Å²) in [6.45, 7) is 2.13. The second kappa shape index (κ2) is 6.45. The fourth-order valence-corrected chi connectivity index (χ4v) is 2.70. The van der Waals surface area contributed by atoms with Crippen molar-refractivity contribution in [2.75, 3.05) is 5.75 Å². The van der Waals surface area contributed by atoms with E-state index >= 15 is 0 Å². The van der Waals surface area contributed by atoms with Crippen molar-refractivity contribution in [2.45, 2.75) is 24.3 Å². The van der Waals surface area contributed by atoms with E-state index in [2.05, 4.69) is 40.4 Å². The van der Waals surface area contributed by atoms with E-state index in [1.807, 2.05) is 23.9 Å². The second-order valence-corrected chi connectivity index (χ2v) is 5.05. The molecule has 0 aliphatic rings. The summed E-state index contributed by atoms with van der Waals surface area (Å²) in [4.78, 5) is 1.27. The Labute approximate surface area is 97.7 Å². The van der Waals surface area contributed by atoms with Crippen LogP contribution in [0.2, 0.25) is 0 Å². The van der Waals surface area contributed by atoms with Gasteiger partial charge in [-0.25, -0.2) is 0 Å². The first-order valence-electron chi connectivity index (χ1n) is 4.60. The molecule has 2 nitrogen and oxygen atoms in total. The standard InChI is InChI=1S/C10H15BrN2S/c1-2-9(13-12)7-14-10-5-3-4-8(11)6-10/h3-6,9,13H,2,7,12H2,1H3. The summed E-state index contributed by atoms with van der Waals surface area (Å²) in [7, 11) is 0. The lowest BCUT2D eigenvalue weighted by Gasteiger charge is -2.12. The van der Waals surface area contributed by atoms with Crippen molar-refractivity contribution in [3.05, 3.63) is 28.7 Å². The number of benzene rings is 1. The Balaban J connectivity index is 2.44. The van der Waals surface area contributed by atoms with Gasteiger partial charge in [0, 0.05) is 21.2 Å². The molecule has 78 valence electrons. The number of nitrogens with one attached hydrogen (secondary N) is 1. The maximum Gasteiger partial charge on any atom is 0.0302 e. The van der Waals surface area contributed by atoms with Gasteiger partial charge in [0.25, 0.3) is 0 Å². The van der Waals surface area contributed by atoms with E-state index < -0.39 is 0 Å². The minimum Gasteiger partial charge on any atom is -0.271 e. The molecule has 4 heteroatoms. The Morgan fingerprint density at radius 3 is 2.93 bits per heavy atom. The SMILES string of the molecule is CCC(CSc1cccc(Br)c1)NN. The van der Waals surface area contributed by atoms with Crippen LogP contribution in [-0.4, -0.2) is 11.8 Å². The second-order valence-electron chi connectivity index (χ2n) is 3.04. The number of thioether (sulfide) groups is 1. The predicted molar refractivity (Wildman–Crippen MR) is 66.3 cm³/mol. The number of nitrogens with two attached hydrogens (primary N) is 1. The van der Waals surface area contributed by atoms with Crippen molar-refractivity contribution in [3.63, 3.8) is 0 Å². The van der Waals surface area contributed by atoms with Gasteiger partial charge in [-0.05, 0) is 24.6 Å². The summed E-state index contributed by atoms with van der Waals surface area (Å²) in [6.07, 6.45) is 1.05. The van der Waals surface area contributed by atoms with Crippen molar-refractivity contribution in [1.29, 1.82) is 0 Å². The third-order valence-electron chi connectivity index (χ3n) is 1.98. The normalized spacial score (nSPS) is 12.8. The highest BCUT2D eigenvalue weighted by atomic mass is 79.9. The average molecular weight is 275 g/mol. The van der Waals surface area contributed by atoms with E-state index in [1.54, 1.807) is 0 Å². The monoisotopic (exact) mass is 274 g/mol. The van der Waals surface area contributed by atoms with Crippen LogP contribution in [0.5, 0.6) is 0 Å². The lowest BCUT2D eigenvalue weighted by atomic mass is 10.3. The lowest BCUT2D eigenvalue weighted by molar-refractivity contribution is 0.562. The molecule has 0 aromatic heterocycles. The van der Waals surface area contributed by atoms with E-state index in [1.165, 1.54) is 4.90 Å². The predicted octanol–water partition coefficient (Wildman–Crippen LogP) is 2.78. The number of hydrazine groups is 1. The zero-order valence-corrected chi connectivity index (χ0v) is 10.6. The van der Waals surface area contributed by atoms with E-state index in [-0.39, 0.29) is 0 Å². The summed E-state index contributed by atoms with van der Waals surface area (Å²) < 4.78 is 1.12. The van der Waals surface area contributed by atoms with Crippen LogP contribution in [0.4, 0.5) is 0 Å². The molecule has 0 bridgehead atoms. The van der Waals surface area contributed by atoms with Crippen LogP contribution in [0, 0.1) is 0 Å². The lowest BCUT2D eigenvalue weighted by Crippen LogP contribution is -2.36. The van der Waals surface area contributed by atoms with Gasteiger partial charge in [0.05, 0.1) is 0 Å². The molecule has 0 aliphatic heterocycles. The minimum absolute atomic E-state index is 0.388. The largest absolute Gasteiger partial charge is 0.271 e. The van der Waals surface area contributed by atoms with Gasteiger partial charge in [0.2, 0.25) is 0 Å². The van der Waals surface area contributed by atoms with Gasteiger partial charge >= 0.3 is 0 Å². The highest BCUT2D eigenvalue weighted by Gasteiger charge is 2.03. The van der Waals surface area contributed by atoms with Gasteiger partial charge in [-0.2, -0.15) is 0 Å². The van der Waals surface area contributed by atoms with Crippen molar-refractivity contribution < 1.29 is 0 Å². The molecule has 0 radical (unpaired) electrons. The molecule has 0 fully saturated rings. The molecule has 0 aliphatic carbocycles.